The first-order valence-electron chi connectivity index (χ1n) is 2.72. The Hall–Kier alpha value is -0.800. The van der Waals surface area contributed by atoms with Crippen LogP contribution in [-0.4, -0.2) is 10.9 Å². The van der Waals surface area contributed by atoms with Gasteiger partial charge in [-0.2, -0.15) is 0 Å². The second kappa shape index (κ2) is 3.07. The SMILES string of the molecule is NC(=O)c1ncc(Cl)cc1Cl. The van der Waals surface area contributed by atoms with Crippen molar-refractivity contribution in [3.05, 3.63) is 28.0 Å². The van der Waals surface area contributed by atoms with E-state index >= 15 is 0 Å². The summed E-state index contributed by atoms with van der Waals surface area (Å²) in [7, 11) is 0. The molecule has 0 spiro atoms. The highest BCUT2D eigenvalue weighted by Gasteiger charge is 2.07. The van der Waals surface area contributed by atoms with Gasteiger partial charge in [0.1, 0.15) is 5.69 Å². The second-order valence-corrected chi connectivity index (χ2v) is 2.69. The fourth-order valence-corrected chi connectivity index (χ4v) is 1.07. The first kappa shape index (κ1) is 8.30. The Morgan fingerprint density at radius 1 is 1.55 bits per heavy atom. The fraction of sp³-hybridized carbons (Fsp3) is 0. The fourth-order valence-electron chi connectivity index (χ4n) is 0.596. The first-order chi connectivity index (χ1) is 5.11. The quantitative estimate of drug-likeness (QED) is 0.730. The van der Waals surface area contributed by atoms with Gasteiger partial charge < -0.3 is 5.73 Å². The average Bonchev–Trinajstić information content (AvgIpc) is 1.85. The van der Waals surface area contributed by atoms with E-state index in [0.29, 0.717) is 5.02 Å². The molecule has 0 saturated carbocycles. The van der Waals surface area contributed by atoms with Crippen LogP contribution in [0.5, 0.6) is 0 Å². The monoisotopic (exact) mass is 190 g/mol. The smallest absolute Gasteiger partial charge is 0.268 e. The third-order valence-corrected chi connectivity index (χ3v) is 1.54. The number of hydrogen-bond acceptors (Lipinski definition) is 2. The Bertz CT molecular complexity index is 301. The minimum absolute atomic E-state index is 0.0380. The predicted molar refractivity (Wildman–Crippen MR) is 42.8 cm³/mol. The summed E-state index contributed by atoms with van der Waals surface area (Å²) in [5, 5.41) is 0.546. The summed E-state index contributed by atoms with van der Waals surface area (Å²) in [6, 6.07) is 1.41. The minimum Gasteiger partial charge on any atom is -0.364 e. The average molecular weight is 191 g/mol. The normalized spacial score (nSPS) is 9.64. The van der Waals surface area contributed by atoms with Crippen LogP contribution in [0.4, 0.5) is 0 Å². The molecule has 5 heteroatoms. The van der Waals surface area contributed by atoms with Crippen LogP contribution in [0, 0.1) is 0 Å². The topological polar surface area (TPSA) is 56.0 Å². The van der Waals surface area contributed by atoms with E-state index in [9.17, 15) is 4.79 Å². The molecular formula is C6H4Cl2N2O. The first-order valence-corrected chi connectivity index (χ1v) is 3.47. The van der Waals surface area contributed by atoms with Crippen molar-refractivity contribution < 1.29 is 4.79 Å². The number of amides is 1. The maximum atomic E-state index is 10.6. The van der Waals surface area contributed by atoms with Crippen LogP contribution in [0.2, 0.25) is 10.0 Å². The molecule has 0 aliphatic rings. The number of carbonyl (C=O) groups is 1. The molecule has 1 aromatic rings. The van der Waals surface area contributed by atoms with Crippen LogP contribution in [0.25, 0.3) is 0 Å². The molecule has 0 radical (unpaired) electrons. The lowest BCUT2D eigenvalue weighted by molar-refractivity contribution is 0.0996. The Labute approximate surface area is 73.1 Å². The molecule has 0 unspecified atom stereocenters. The Balaban J connectivity index is 3.20. The minimum atomic E-state index is -0.660. The van der Waals surface area contributed by atoms with Crippen molar-refractivity contribution >= 4 is 29.1 Å². The largest absolute Gasteiger partial charge is 0.364 e. The maximum absolute atomic E-state index is 10.6. The number of carbonyl (C=O) groups excluding carboxylic acids is 1. The molecule has 2 N–H and O–H groups in total. The lowest BCUT2D eigenvalue weighted by Crippen LogP contribution is -2.13. The van der Waals surface area contributed by atoms with E-state index in [2.05, 4.69) is 4.98 Å². The van der Waals surface area contributed by atoms with Gasteiger partial charge in [0.05, 0.1) is 10.0 Å². The van der Waals surface area contributed by atoms with E-state index in [1.165, 1.54) is 12.3 Å². The Kier molecular flexibility index (Phi) is 2.31. The van der Waals surface area contributed by atoms with Gasteiger partial charge in [0.2, 0.25) is 0 Å². The molecule has 3 nitrogen and oxygen atoms in total. The van der Waals surface area contributed by atoms with Crippen LogP contribution in [0.3, 0.4) is 0 Å². The van der Waals surface area contributed by atoms with Gasteiger partial charge in [0.15, 0.2) is 0 Å². The molecule has 0 bridgehead atoms. The molecule has 0 aromatic carbocycles. The van der Waals surface area contributed by atoms with Crippen molar-refractivity contribution in [1.29, 1.82) is 0 Å². The molecule has 0 fully saturated rings. The van der Waals surface area contributed by atoms with Crippen molar-refractivity contribution in [2.45, 2.75) is 0 Å². The number of nitrogens with two attached hydrogens (primary N) is 1. The summed E-state index contributed by atoms with van der Waals surface area (Å²) in [6.45, 7) is 0. The van der Waals surface area contributed by atoms with Crippen molar-refractivity contribution in [2.24, 2.45) is 5.73 Å². The van der Waals surface area contributed by atoms with Gasteiger partial charge in [-0.1, -0.05) is 23.2 Å². The van der Waals surface area contributed by atoms with Crippen LogP contribution >= 0.6 is 23.2 Å². The molecule has 1 amide bonds. The van der Waals surface area contributed by atoms with Crippen LogP contribution in [0.15, 0.2) is 12.3 Å². The standard InChI is InChI=1S/C6H4Cl2N2O/c7-3-1-4(8)5(6(9)11)10-2-3/h1-2H,(H2,9,11). The molecule has 1 aromatic heterocycles. The van der Waals surface area contributed by atoms with Gasteiger partial charge >= 0.3 is 0 Å². The molecule has 0 saturated heterocycles. The van der Waals surface area contributed by atoms with E-state index in [1.807, 2.05) is 0 Å². The Morgan fingerprint density at radius 3 is 2.64 bits per heavy atom. The molecule has 0 aliphatic heterocycles. The molecule has 58 valence electrons. The number of rotatable bonds is 1. The number of pyridine rings is 1. The van der Waals surface area contributed by atoms with E-state index in [4.69, 9.17) is 28.9 Å². The van der Waals surface area contributed by atoms with E-state index in [-0.39, 0.29) is 10.7 Å². The van der Waals surface area contributed by atoms with Crippen LogP contribution in [0.1, 0.15) is 10.5 Å². The summed E-state index contributed by atoms with van der Waals surface area (Å²) >= 11 is 11.1. The molecule has 1 rings (SSSR count). The van der Waals surface area contributed by atoms with Crippen molar-refractivity contribution in [3.8, 4) is 0 Å². The second-order valence-electron chi connectivity index (χ2n) is 1.85. The lowest BCUT2D eigenvalue weighted by atomic mass is 10.3. The van der Waals surface area contributed by atoms with Crippen LogP contribution in [-0.2, 0) is 0 Å². The molecule has 1 heterocycles. The number of hydrogen-bond donors (Lipinski definition) is 1. The van der Waals surface area contributed by atoms with E-state index in [0.717, 1.165) is 0 Å². The zero-order chi connectivity index (χ0) is 8.43. The summed E-state index contributed by atoms with van der Waals surface area (Å²) in [5.74, 6) is -0.660. The van der Waals surface area contributed by atoms with Crippen LogP contribution < -0.4 is 5.73 Å². The summed E-state index contributed by atoms with van der Waals surface area (Å²) in [6.07, 6.45) is 1.31. The van der Waals surface area contributed by atoms with Gasteiger partial charge in [-0.25, -0.2) is 4.98 Å². The van der Waals surface area contributed by atoms with Gasteiger partial charge in [-0.15, -0.1) is 0 Å². The third-order valence-electron chi connectivity index (χ3n) is 1.04. The van der Waals surface area contributed by atoms with E-state index in [1.54, 1.807) is 0 Å². The van der Waals surface area contributed by atoms with Gasteiger partial charge in [0.25, 0.3) is 5.91 Å². The summed E-state index contributed by atoms with van der Waals surface area (Å²) < 4.78 is 0. The van der Waals surface area contributed by atoms with Gasteiger partial charge in [0, 0.05) is 6.20 Å². The highest BCUT2D eigenvalue weighted by atomic mass is 35.5. The van der Waals surface area contributed by atoms with Gasteiger partial charge in [-0.3, -0.25) is 4.79 Å². The van der Waals surface area contributed by atoms with Gasteiger partial charge in [-0.05, 0) is 6.07 Å². The van der Waals surface area contributed by atoms with Crippen molar-refractivity contribution in [2.75, 3.05) is 0 Å². The zero-order valence-electron chi connectivity index (χ0n) is 5.34. The third kappa shape index (κ3) is 1.82. The summed E-state index contributed by atoms with van der Waals surface area (Å²) in [5.41, 5.74) is 4.97. The molecule has 11 heavy (non-hydrogen) atoms. The number of aromatic nitrogens is 1. The predicted octanol–water partition coefficient (Wildman–Crippen LogP) is 1.49. The highest BCUT2D eigenvalue weighted by molar-refractivity contribution is 6.36. The summed E-state index contributed by atoms with van der Waals surface area (Å²) in [4.78, 5) is 14.2. The van der Waals surface area contributed by atoms with Crippen molar-refractivity contribution in [3.63, 3.8) is 0 Å². The lowest BCUT2D eigenvalue weighted by Gasteiger charge is -1.96. The number of primary amides is 1. The number of halogens is 2. The number of nitrogens with zero attached hydrogens (tertiary/aromatic N) is 1. The van der Waals surface area contributed by atoms with E-state index < -0.39 is 5.91 Å². The molecule has 0 atom stereocenters. The highest BCUT2D eigenvalue weighted by Crippen LogP contribution is 2.17. The Morgan fingerprint density at radius 2 is 2.18 bits per heavy atom. The zero-order valence-corrected chi connectivity index (χ0v) is 6.86. The molecule has 0 aliphatic carbocycles. The molecular weight excluding hydrogens is 187 g/mol. The maximum Gasteiger partial charge on any atom is 0.268 e. The van der Waals surface area contributed by atoms with Crippen molar-refractivity contribution in [1.82, 2.24) is 4.98 Å².